The van der Waals surface area contributed by atoms with Gasteiger partial charge < -0.3 is 15.4 Å². The molecule has 2 rings (SSSR count). The highest BCUT2D eigenvalue weighted by Crippen LogP contribution is 2.25. The van der Waals surface area contributed by atoms with Crippen LogP contribution in [0.15, 0.2) is 47.4 Å². The van der Waals surface area contributed by atoms with E-state index in [0.717, 1.165) is 9.87 Å². The normalized spacial score (nSPS) is 12.5. The standard InChI is InChI=1S/C19H25N3O4S/c1-13-10-11-15(27(24,25)22(3)4)12-17(13)21-19(23)14(2)20-16-8-6-7-9-18(16)26-5/h6-12,14,20H,1-5H3,(H,21,23). The molecule has 0 saturated heterocycles. The number of benzene rings is 2. The maximum Gasteiger partial charge on any atom is 0.246 e. The van der Waals surface area contributed by atoms with Crippen molar-refractivity contribution in [3.05, 3.63) is 48.0 Å². The molecule has 0 fully saturated rings. The predicted molar refractivity (Wildman–Crippen MR) is 107 cm³/mol. The highest BCUT2D eigenvalue weighted by atomic mass is 32.2. The summed E-state index contributed by atoms with van der Waals surface area (Å²) in [7, 11) is 0.911. The highest BCUT2D eigenvalue weighted by molar-refractivity contribution is 7.89. The number of carbonyl (C=O) groups is 1. The van der Waals surface area contributed by atoms with E-state index in [1.807, 2.05) is 18.2 Å². The third-order valence-electron chi connectivity index (χ3n) is 4.12. The second-order valence-electron chi connectivity index (χ2n) is 6.32. The van der Waals surface area contributed by atoms with Crippen molar-refractivity contribution in [2.75, 3.05) is 31.8 Å². The fourth-order valence-corrected chi connectivity index (χ4v) is 3.34. The molecule has 0 aliphatic heterocycles. The number of amides is 1. The van der Waals surface area contributed by atoms with Gasteiger partial charge in [0.2, 0.25) is 15.9 Å². The predicted octanol–water partition coefficient (Wildman–Crippen LogP) is 2.69. The van der Waals surface area contributed by atoms with E-state index in [1.165, 1.54) is 26.2 Å². The van der Waals surface area contributed by atoms with E-state index >= 15 is 0 Å². The molecule has 8 heteroatoms. The van der Waals surface area contributed by atoms with Gasteiger partial charge in [-0.2, -0.15) is 0 Å². The van der Waals surface area contributed by atoms with Gasteiger partial charge in [-0.15, -0.1) is 0 Å². The van der Waals surface area contributed by atoms with E-state index < -0.39 is 16.1 Å². The Labute approximate surface area is 160 Å². The lowest BCUT2D eigenvalue weighted by atomic mass is 10.2. The Morgan fingerprint density at radius 3 is 2.41 bits per heavy atom. The van der Waals surface area contributed by atoms with Crippen molar-refractivity contribution in [1.29, 1.82) is 0 Å². The first-order valence-corrected chi connectivity index (χ1v) is 9.84. The van der Waals surface area contributed by atoms with Crippen molar-refractivity contribution in [2.24, 2.45) is 0 Å². The molecule has 27 heavy (non-hydrogen) atoms. The van der Waals surface area contributed by atoms with Gasteiger partial charge in [0.1, 0.15) is 11.8 Å². The van der Waals surface area contributed by atoms with Crippen LogP contribution in [0.4, 0.5) is 11.4 Å². The van der Waals surface area contributed by atoms with Crippen molar-refractivity contribution in [2.45, 2.75) is 24.8 Å². The van der Waals surface area contributed by atoms with Crippen molar-refractivity contribution in [3.63, 3.8) is 0 Å². The molecule has 2 N–H and O–H groups in total. The van der Waals surface area contributed by atoms with Gasteiger partial charge in [0.15, 0.2) is 0 Å². The fourth-order valence-electron chi connectivity index (χ4n) is 2.41. The number of hydrogen-bond acceptors (Lipinski definition) is 5. The molecule has 0 saturated carbocycles. The van der Waals surface area contributed by atoms with Crippen molar-refractivity contribution in [3.8, 4) is 5.75 Å². The molecule has 1 amide bonds. The number of nitrogens with zero attached hydrogens (tertiary/aromatic N) is 1. The summed E-state index contributed by atoms with van der Waals surface area (Å²) in [5.74, 6) is 0.343. The van der Waals surface area contributed by atoms with E-state index in [-0.39, 0.29) is 10.8 Å². The van der Waals surface area contributed by atoms with Crippen molar-refractivity contribution in [1.82, 2.24) is 4.31 Å². The number of sulfonamides is 1. The van der Waals surface area contributed by atoms with E-state index in [2.05, 4.69) is 10.6 Å². The Balaban J connectivity index is 2.20. The molecule has 0 aliphatic carbocycles. The number of carbonyl (C=O) groups excluding carboxylic acids is 1. The van der Waals surface area contributed by atoms with Crippen LogP contribution in [0.1, 0.15) is 12.5 Å². The zero-order valence-electron chi connectivity index (χ0n) is 16.1. The molecular formula is C19H25N3O4S. The summed E-state index contributed by atoms with van der Waals surface area (Å²) in [5, 5.41) is 5.89. The van der Waals surface area contributed by atoms with Gasteiger partial charge in [-0.1, -0.05) is 18.2 Å². The summed E-state index contributed by atoms with van der Waals surface area (Å²) in [6, 6.07) is 11.4. The van der Waals surface area contributed by atoms with Crippen LogP contribution < -0.4 is 15.4 Å². The Bertz CT molecular complexity index is 926. The molecule has 0 heterocycles. The quantitative estimate of drug-likeness (QED) is 0.758. The van der Waals surface area contributed by atoms with Gasteiger partial charge in [-0.25, -0.2) is 12.7 Å². The minimum Gasteiger partial charge on any atom is -0.495 e. The largest absolute Gasteiger partial charge is 0.495 e. The van der Waals surface area contributed by atoms with Gasteiger partial charge in [0.05, 0.1) is 17.7 Å². The van der Waals surface area contributed by atoms with Gasteiger partial charge >= 0.3 is 0 Å². The lowest BCUT2D eigenvalue weighted by molar-refractivity contribution is -0.116. The fraction of sp³-hybridized carbons (Fsp3) is 0.316. The molecule has 0 bridgehead atoms. The first-order valence-electron chi connectivity index (χ1n) is 8.40. The van der Waals surface area contributed by atoms with E-state index in [9.17, 15) is 13.2 Å². The molecule has 1 atom stereocenters. The average Bonchev–Trinajstić information content (AvgIpc) is 2.63. The van der Waals surface area contributed by atoms with Crippen molar-refractivity contribution < 1.29 is 17.9 Å². The van der Waals surface area contributed by atoms with Gasteiger partial charge in [0.25, 0.3) is 0 Å². The summed E-state index contributed by atoms with van der Waals surface area (Å²) < 4.78 is 31.0. The van der Waals surface area contributed by atoms with Crippen LogP contribution in [-0.4, -0.2) is 45.9 Å². The Kier molecular flexibility index (Phi) is 6.45. The second kappa shape index (κ2) is 8.41. The number of hydrogen-bond donors (Lipinski definition) is 2. The smallest absolute Gasteiger partial charge is 0.246 e. The second-order valence-corrected chi connectivity index (χ2v) is 8.47. The van der Waals surface area contributed by atoms with E-state index in [0.29, 0.717) is 17.1 Å². The molecule has 0 spiro atoms. The average molecular weight is 391 g/mol. The Morgan fingerprint density at radius 2 is 1.78 bits per heavy atom. The number of ether oxygens (including phenoxy) is 1. The SMILES string of the molecule is COc1ccccc1NC(C)C(=O)Nc1cc(S(=O)(=O)N(C)C)ccc1C. The summed E-state index contributed by atoms with van der Waals surface area (Å²) >= 11 is 0. The molecule has 0 aromatic heterocycles. The zero-order chi connectivity index (χ0) is 20.2. The lowest BCUT2D eigenvalue weighted by Gasteiger charge is -2.19. The maximum absolute atomic E-state index is 12.6. The Morgan fingerprint density at radius 1 is 1.11 bits per heavy atom. The van der Waals surface area contributed by atoms with Crippen LogP contribution in [0.25, 0.3) is 0 Å². The Hall–Kier alpha value is -2.58. The molecule has 0 radical (unpaired) electrons. The summed E-state index contributed by atoms with van der Waals surface area (Å²) in [6.45, 7) is 3.53. The number of anilines is 2. The van der Waals surface area contributed by atoms with E-state index in [4.69, 9.17) is 4.74 Å². The van der Waals surface area contributed by atoms with Crippen LogP contribution >= 0.6 is 0 Å². The zero-order valence-corrected chi connectivity index (χ0v) is 16.9. The van der Waals surface area contributed by atoms with Crippen molar-refractivity contribution >= 4 is 27.3 Å². The van der Waals surface area contributed by atoms with Gasteiger partial charge in [-0.05, 0) is 43.7 Å². The highest BCUT2D eigenvalue weighted by Gasteiger charge is 2.20. The molecule has 7 nitrogen and oxygen atoms in total. The van der Waals surface area contributed by atoms with Crippen LogP contribution in [0.3, 0.4) is 0 Å². The molecular weight excluding hydrogens is 366 g/mol. The summed E-state index contributed by atoms with van der Waals surface area (Å²) in [6.07, 6.45) is 0. The van der Waals surface area contributed by atoms with Crippen LogP contribution in [0, 0.1) is 6.92 Å². The number of para-hydroxylation sites is 2. The van der Waals surface area contributed by atoms with E-state index in [1.54, 1.807) is 33.1 Å². The number of methoxy groups -OCH3 is 1. The van der Waals surface area contributed by atoms with Gasteiger partial charge in [0, 0.05) is 19.8 Å². The maximum atomic E-state index is 12.6. The number of aryl methyl sites for hydroxylation is 1. The monoisotopic (exact) mass is 391 g/mol. The third-order valence-corrected chi connectivity index (χ3v) is 5.93. The molecule has 146 valence electrons. The summed E-state index contributed by atoms with van der Waals surface area (Å²) in [4.78, 5) is 12.7. The minimum atomic E-state index is -3.58. The van der Waals surface area contributed by atoms with Crippen LogP contribution in [0.5, 0.6) is 5.75 Å². The first-order chi connectivity index (χ1) is 12.7. The molecule has 2 aromatic rings. The minimum absolute atomic E-state index is 0.124. The van der Waals surface area contributed by atoms with Crippen LogP contribution in [0.2, 0.25) is 0 Å². The molecule has 1 unspecified atom stereocenters. The van der Waals surface area contributed by atoms with Gasteiger partial charge in [-0.3, -0.25) is 4.79 Å². The topological polar surface area (TPSA) is 87.7 Å². The number of rotatable bonds is 7. The first kappa shape index (κ1) is 20.7. The summed E-state index contributed by atoms with van der Waals surface area (Å²) in [5.41, 5.74) is 1.92. The molecule has 0 aliphatic rings. The third kappa shape index (κ3) is 4.78. The number of nitrogens with one attached hydrogen (secondary N) is 2. The lowest BCUT2D eigenvalue weighted by Crippen LogP contribution is -2.32. The molecule has 2 aromatic carbocycles. The van der Waals surface area contributed by atoms with Crippen LogP contribution in [-0.2, 0) is 14.8 Å².